The number of methoxy groups -OCH3 is 1. The van der Waals surface area contributed by atoms with Gasteiger partial charge in [-0.25, -0.2) is 0 Å². The number of aliphatic hydroxyl groups excluding tert-OH is 2. The van der Waals surface area contributed by atoms with Gasteiger partial charge in [-0.2, -0.15) is 0 Å². The Morgan fingerprint density at radius 2 is 0.827 bits per heavy atom. The van der Waals surface area contributed by atoms with Gasteiger partial charge in [0.05, 0.1) is 32.2 Å². The van der Waals surface area contributed by atoms with Crippen molar-refractivity contribution in [2.45, 2.75) is 170 Å². The van der Waals surface area contributed by atoms with E-state index in [0.717, 1.165) is 95.9 Å². The lowest BCUT2D eigenvalue weighted by atomic mass is 9.69. The van der Waals surface area contributed by atoms with Crippen LogP contribution in [-0.2, 0) is 50.8 Å². The minimum absolute atomic E-state index is 0.0178. The van der Waals surface area contributed by atoms with E-state index in [1.807, 2.05) is 60.7 Å². The first-order valence-corrected chi connectivity index (χ1v) is 27.1. The van der Waals surface area contributed by atoms with Crippen molar-refractivity contribution in [1.82, 2.24) is 0 Å². The number of phenols is 2. The van der Waals surface area contributed by atoms with Crippen LogP contribution in [0.1, 0.15) is 163 Å². The zero-order chi connectivity index (χ0) is 55.5. The number of rotatable bonds is 20. The van der Waals surface area contributed by atoms with Crippen molar-refractivity contribution >= 4 is 11.9 Å². The fourth-order valence-electron chi connectivity index (χ4n) is 10.6. The summed E-state index contributed by atoms with van der Waals surface area (Å²) in [7, 11) is 1.39. The Morgan fingerprint density at radius 3 is 1.12 bits per heavy atom. The number of aliphatic hydroxyl groups is 2. The van der Waals surface area contributed by atoms with E-state index in [0.29, 0.717) is 0 Å². The SMILES string of the molecule is CCC(CC)(c1ccc(CCC(O)C(C)(C)C)c(C)c1)c1ccc(-c2ccc(CC(=O)O)cc2)c(O)c1.CCC(CC)(c1ccc(CCC(O)C(C)(C)C)c(C)c1)c1ccc(-c2ccc(CC(=O)OC)cc2)c(O)c1. The number of carboxylic acids is 1. The van der Waals surface area contributed by atoms with Crippen molar-refractivity contribution in [2.75, 3.05) is 7.11 Å². The quantitative estimate of drug-likeness (QED) is 0.0476. The van der Waals surface area contributed by atoms with Crippen LogP contribution in [0.15, 0.2) is 121 Å². The number of esters is 1. The van der Waals surface area contributed by atoms with Gasteiger partial charge < -0.3 is 30.3 Å². The number of carbonyl (C=O) groups excluding carboxylic acids is 1. The molecule has 0 saturated heterocycles. The standard InChI is InChI=1S/C34H44O4.C33H42O4/c1-8-34(9-2,27-16-14-25(23(3)20-27)15-19-31(36)33(4,5)6)28-17-18-29(30(35)22-28)26-12-10-24(11-13-26)21-32(37)38-7;1-7-33(8-2,26-15-13-24(22(3)19-26)14-18-30(35)32(4,5)6)27-16-17-28(29(34)21-27)25-11-9-23(10-12-25)20-31(36)37/h10-14,16-18,20,22,31,35-36H,8-9,15,19,21H2,1-7H3;9-13,15-17,19,21,30,34-35H,7-8,14,18,20H2,1-6H3,(H,36,37). The van der Waals surface area contributed by atoms with Crippen LogP contribution < -0.4 is 0 Å². The first-order chi connectivity index (χ1) is 35.4. The van der Waals surface area contributed by atoms with Gasteiger partial charge in [-0.05, 0) is 155 Å². The summed E-state index contributed by atoms with van der Waals surface area (Å²) in [6.45, 7) is 25.5. The van der Waals surface area contributed by atoms with Crippen LogP contribution in [-0.4, -0.2) is 56.8 Å². The lowest BCUT2D eigenvalue weighted by molar-refractivity contribution is -0.140. The molecule has 0 bridgehead atoms. The van der Waals surface area contributed by atoms with E-state index in [2.05, 4.69) is 132 Å². The maximum atomic E-state index is 11.6. The molecule has 6 aromatic rings. The van der Waals surface area contributed by atoms with Gasteiger partial charge in [-0.1, -0.05) is 178 Å². The fraction of sp³-hybridized carbons (Fsp3) is 0.433. The van der Waals surface area contributed by atoms with E-state index in [1.165, 1.54) is 40.5 Å². The highest BCUT2D eigenvalue weighted by atomic mass is 16.5. The van der Waals surface area contributed by atoms with E-state index in [9.17, 15) is 30.0 Å². The molecular formula is C67H86O8. The molecule has 5 N–H and O–H groups in total. The largest absolute Gasteiger partial charge is 0.507 e. The summed E-state index contributed by atoms with van der Waals surface area (Å²) >= 11 is 0. The maximum absolute atomic E-state index is 11.6. The van der Waals surface area contributed by atoms with Crippen LogP contribution in [0.25, 0.3) is 22.3 Å². The van der Waals surface area contributed by atoms with Gasteiger partial charge in [0.2, 0.25) is 0 Å². The number of phenolic OH excluding ortho intramolecular Hbond substituents is 2. The Hall–Kier alpha value is -6.22. The van der Waals surface area contributed by atoms with Gasteiger partial charge in [0, 0.05) is 22.0 Å². The van der Waals surface area contributed by atoms with Crippen LogP contribution in [0.3, 0.4) is 0 Å². The average molecular weight is 1020 g/mol. The number of benzene rings is 6. The number of hydrogen-bond acceptors (Lipinski definition) is 7. The lowest BCUT2D eigenvalue weighted by Gasteiger charge is -2.34. The zero-order valence-electron chi connectivity index (χ0n) is 47.2. The second kappa shape index (κ2) is 25.5. The third kappa shape index (κ3) is 14.6. The molecule has 75 heavy (non-hydrogen) atoms. The summed E-state index contributed by atoms with van der Waals surface area (Å²) in [4.78, 5) is 22.5. The second-order valence-electron chi connectivity index (χ2n) is 22.9. The molecule has 2 unspecified atom stereocenters. The van der Waals surface area contributed by atoms with Gasteiger partial charge >= 0.3 is 11.9 Å². The number of hydrogen-bond donors (Lipinski definition) is 5. The molecule has 0 spiro atoms. The van der Waals surface area contributed by atoms with Crippen LogP contribution >= 0.6 is 0 Å². The van der Waals surface area contributed by atoms with Crippen molar-refractivity contribution in [1.29, 1.82) is 0 Å². The second-order valence-corrected chi connectivity index (χ2v) is 22.9. The highest BCUT2D eigenvalue weighted by Gasteiger charge is 2.34. The molecule has 6 aromatic carbocycles. The van der Waals surface area contributed by atoms with Crippen molar-refractivity contribution in [3.63, 3.8) is 0 Å². The van der Waals surface area contributed by atoms with Gasteiger partial charge in [0.1, 0.15) is 11.5 Å². The molecule has 6 rings (SSSR count). The van der Waals surface area contributed by atoms with E-state index < -0.39 is 5.97 Å². The summed E-state index contributed by atoms with van der Waals surface area (Å²) < 4.78 is 4.75. The molecular weight excluding hydrogens is 933 g/mol. The Bertz CT molecular complexity index is 2840. The monoisotopic (exact) mass is 1020 g/mol. The van der Waals surface area contributed by atoms with Gasteiger partial charge in [-0.15, -0.1) is 0 Å². The predicted octanol–water partition coefficient (Wildman–Crippen LogP) is 15.0. The molecule has 0 aliphatic heterocycles. The Morgan fingerprint density at radius 1 is 0.493 bits per heavy atom. The molecule has 0 amide bonds. The number of ether oxygens (including phenoxy) is 1. The molecule has 0 aliphatic rings. The van der Waals surface area contributed by atoms with E-state index in [4.69, 9.17) is 9.84 Å². The van der Waals surface area contributed by atoms with E-state index in [1.54, 1.807) is 12.1 Å². The predicted molar refractivity (Wildman–Crippen MR) is 307 cm³/mol. The summed E-state index contributed by atoms with van der Waals surface area (Å²) in [6, 6.07) is 40.4. The molecule has 2 atom stereocenters. The number of aromatic hydroxyl groups is 2. The highest BCUT2D eigenvalue weighted by molar-refractivity contribution is 5.75. The summed E-state index contributed by atoms with van der Waals surface area (Å²) in [5, 5.41) is 52.1. The molecule has 0 aliphatic carbocycles. The highest BCUT2D eigenvalue weighted by Crippen LogP contribution is 2.45. The summed E-state index contributed by atoms with van der Waals surface area (Å²) in [5.41, 5.74) is 13.8. The van der Waals surface area contributed by atoms with E-state index >= 15 is 0 Å². The first kappa shape index (κ1) is 59.7. The zero-order valence-corrected chi connectivity index (χ0v) is 47.2. The number of aryl methyl sites for hydroxylation is 4. The number of carbonyl (C=O) groups is 2. The number of carboxylic acid groups (broad SMARTS) is 1. The third-order valence-corrected chi connectivity index (χ3v) is 16.1. The molecule has 402 valence electrons. The van der Waals surface area contributed by atoms with Gasteiger partial charge in [-0.3, -0.25) is 9.59 Å². The minimum atomic E-state index is -0.860. The Kier molecular flexibility index (Phi) is 20.3. The minimum Gasteiger partial charge on any atom is -0.507 e. The maximum Gasteiger partial charge on any atom is 0.309 e. The Labute approximate surface area is 448 Å². The van der Waals surface area contributed by atoms with Crippen LogP contribution in [0.2, 0.25) is 0 Å². The van der Waals surface area contributed by atoms with Crippen LogP contribution in [0.4, 0.5) is 0 Å². The van der Waals surface area contributed by atoms with Gasteiger partial charge in [0.15, 0.2) is 0 Å². The van der Waals surface area contributed by atoms with Crippen LogP contribution in [0, 0.1) is 24.7 Å². The third-order valence-electron chi connectivity index (χ3n) is 16.1. The number of aliphatic carboxylic acids is 1. The molecule has 0 aromatic heterocycles. The van der Waals surface area contributed by atoms with Gasteiger partial charge in [0.25, 0.3) is 0 Å². The van der Waals surface area contributed by atoms with Crippen molar-refractivity contribution < 1.29 is 39.9 Å². The van der Waals surface area contributed by atoms with Crippen molar-refractivity contribution in [3.05, 3.63) is 177 Å². The normalized spacial score (nSPS) is 12.9. The Balaban J connectivity index is 0.000000277. The summed E-state index contributed by atoms with van der Waals surface area (Å²) in [5.74, 6) is -0.661. The topological polar surface area (TPSA) is 145 Å². The molecule has 0 radical (unpaired) electrons. The first-order valence-electron chi connectivity index (χ1n) is 27.1. The fourth-order valence-corrected chi connectivity index (χ4v) is 10.6. The van der Waals surface area contributed by atoms with E-state index in [-0.39, 0.29) is 64.2 Å². The van der Waals surface area contributed by atoms with Crippen LogP contribution in [0.5, 0.6) is 11.5 Å². The average Bonchev–Trinajstić information content (AvgIpc) is 3.37. The van der Waals surface area contributed by atoms with Crippen molar-refractivity contribution in [2.24, 2.45) is 10.8 Å². The molecule has 0 heterocycles. The molecule has 8 heteroatoms. The van der Waals surface area contributed by atoms with Crippen molar-refractivity contribution in [3.8, 4) is 33.8 Å². The smallest absolute Gasteiger partial charge is 0.309 e. The molecule has 0 saturated carbocycles. The molecule has 0 fully saturated rings. The summed E-state index contributed by atoms with van der Waals surface area (Å²) in [6.07, 6.45) is 6.32. The lowest BCUT2D eigenvalue weighted by Crippen LogP contribution is -2.27. The molecule has 8 nitrogen and oxygen atoms in total.